The van der Waals surface area contributed by atoms with Crippen LogP contribution in [-0.4, -0.2) is 19.3 Å². The molecule has 0 unspecified atom stereocenters. The van der Waals surface area contributed by atoms with Gasteiger partial charge in [0.1, 0.15) is 5.82 Å². The molecule has 0 spiro atoms. The number of hydrogen-bond donors (Lipinski definition) is 0. The Morgan fingerprint density at radius 3 is 2.68 bits per heavy atom. The highest BCUT2D eigenvalue weighted by molar-refractivity contribution is 9.10. The van der Waals surface area contributed by atoms with Crippen LogP contribution in [0, 0.1) is 0 Å². The molecule has 25 heavy (non-hydrogen) atoms. The van der Waals surface area contributed by atoms with Gasteiger partial charge in [-0.15, -0.1) is 0 Å². The first kappa shape index (κ1) is 15.8. The zero-order valence-corrected chi connectivity index (χ0v) is 15.2. The highest BCUT2D eigenvalue weighted by Crippen LogP contribution is 2.16. The Balaban J connectivity index is 1.53. The maximum atomic E-state index is 4.52. The van der Waals surface area contributed by atoms with Crippen molar-refractivity contribution in [1.29, 1.82) is 0 Å². The van der Waals surface area contributed by atoms with Crippen LogP contribution in [-0.2, 0) is 13.0 Å². The van der Waals surface area contributed by atoms with Crippen LogP contribution in [0.1, 0.15) is 17.0 Å². The smallest absolute Gasteiger partial charge is 0.113 e. The normalized spacial score (nSPS) is 10.9. The van der Waals surface area contributed by atoms with Crippen LogP contribution in [0.3, 0.4) is 0 Å². The van der Waals surface area contributed by atoms with Gasteiger partial charge < -0.3 is 4.57 Å². The molecule has 4 aromatic rings. The molecular weight excluding hydrogens is 376 g/mol. The van der Waals surface area contributed by atoms with Crippen molar-refractivity contribution in [3.8, 4) is 5.69 Å². The van der Waals surface area contributed by atoms with Crippen molar-refractivity contribution in [2.75, 3.05) is 0 Å². The van der Waals surface area contributed by atoms with Gasteiger partial charge in [-0.3, -0.25) is 0 Å². The van der Waals surface area contributed by atoms with Gasteiger partial charge in [-0.1, -0.05) is 46.3 Å². The van der Waals surface area contributed by atoms with Gasteiger partial charge in [0.25, 0.3) is 0 Å². The molecule has 2 heterocycles. The fourth-order valence-corrected chi connectivity index (χ4v) is 3.29. The van der Waals surface area contributed by atoms with Gasteiger partial charge in [-0.25, -0.2) is 9.67 Å². The molecule has 0 amide bonds. The Morgan fingerprint density at radius 1 is 0.960 bits per heavy atom. The van der Waals surface area contributed by atoms with Gasteiger partial charge in [0.15, 0.2) is 0 Å². The summed E-state index contributed by atoms with van der Waals surface area (Å²) in [5.41, 5.74) is 3.45. The number of halogens is 1. The summed E-state index contributed by atoms with van der Waals surface area (Å²) < 4.78 is 5.17. The van der Waals surface area contributed by atoms with E-state index in [0.29, 0.717) is 0 Å². The number of imidazole rings is 1. The van der Waals surface area contributed by atoms with Crippen LogP contribution in [0.5, 0.6) is 0 Å². The highest BCUT2D eigenvalue weighted by atomic mass is 79.9. The van der Waals surface area contributed by atoms with E-state index in [1.165, 1.54) is 5.56 Å². The molecular formula is C20H17BrN4. The SMILES string of the molecule is Brc1cccc(Cc2nccn2Cc2cnn(-c3ccccc3)c2)c1. The van der Waals surface area contributed by atoms with Crippen molar-refractivity contribution in [3.63, 3.8) is 0 Å². The van der Waals surface area contributed by atoms with E-state index >= 15 is 0 Å². The van der Waals surface area contributed by atoms with Gasteiger partial charge in [-0.05, 0) is 29.8 Å². The lowest BCUT2D eigenvalue weighted by molar-refractivity contribution is 0.740. The second-order valence-electron chi connectivity index (χ2n) is 5.91. The van der Waals surface area contributed by atoms with Crippen LogP contribution in [0.25, 0.3) is 5.69 Å². The number of hydrogen-bond acceptors (Lipinski definition) is 2. The van der Waals surface area contributed by atoms with Crippen molar-refractivity contribution in [2.45, 2.75) is 13.0 Å². The van der Waals surface area contributed by atoms with Gasteiger partial charge in [0.2, 0.25) is 0 Å². The van der Waals surface area contributed by atoms with Crippen LogP contribution < -0.4 is 0 Å². The molecule has 2 aromatic carbocycles. The number of para-hydroxylation sites is 1. The van der Waals surface area contributed by atoms with Crippen molar-refractivity contribution in [2.24, 2.45) is 0 Å². The molecule has 0 saturated carbocycles. The number of nitrogens with zero attached hydrogens (tertiary/aromatic N) is 4. The minimum absolute atomic E-state index is 0.760. The Bertz CT molecular complexity index is 972. The Kier molecular flexibility index (Phi) is 4.48. The molecule has 0 aliphatic heterocycles. The first-order valence-corrected chi connectivity index (χ1v) is 8.91. The highest BCUT2D eigenvalue weighted by Gasteiger charge is 2.07. The summed E-state index contributed by atoms with van der Waals surface area (Å²) in [6.45, 7) is 0.760. The summed E-state index contributed by atoms with van der Waals surface area (Å²) >= 11 is 3.53. The summed E-state index contributed by atoms with van der Waals surface area (Å²) in [5.74, 6) is 1.05. The average molecular weight is 393 g/mol. The lowest BCUT2D eigenvalue weighted by Gasteiger charge is -2.07. The molecule has 4 nitrogen and oxygen atoms in total. The van der Waals surface area contributed by atoms with Crippen molar-refractivity contribution in [1.82, 2.24) is 19.3 Å². The van der Waals surface area contributed by atoms with E-state index in [1.54, 1.807) is 0 Å². The Morgan fingerprint density at radius 2 is 1.84 bits per heavy atom. The fourth-order valence-electron chi connectivity index (χ4n) is 2.84. The van der Waals surface area contributed by atoms with E-state index in [4.69, 9.17) is 0 Å². The summed E-state index contributed by atoms with van der Waals surface area (Å²) in [6, 6.07) is 18.5. The molecule has 0 bridgehead atoms. The zero-order valence-electron chi connectivity index (χ0n) is 13.6. The molecule has 0 N–H and O–H groups in total. The number of benzene rings is 2. The second kappa shape index (κ2) is 7.07. The fraction of sp³-hybridized carbons (Fsp3) is 0.100. The van der Waals surface area contributed by atoms with E-state index in [2.05, 4.69) is 55.0 Å². The summed E-state index contributed by atoms with van der Waals surface area (Å²) in [5, 5.41) is 4.47. The lowest BCUT2D eigenvalue weighted by Crippen LogP contribution is -2.04. The van der Waals surface area contributed by atoms with Crippen LogP contribution in [0.2, 0.25) is 0 Å². The summed E-state index contributed by atoms with van der Waals surface area (Å²) in [7, 11) is 0. The predicted molar refractivity (Wildman–Crippen MR) is 102 cm³/mol. The summed E-state index contributed by atoms with van der Waals surface area (Å²) in [6.07, 6.45) is 8.66. The van der Waals surface area contributed by atoms with Crippen LogP contribution in [0.4, 0.5) is 0 Å². The minimum atomic E-state index is 0.760. The monoisotopic (exact) mass is 392 g/mol. The Hall–Kier alpha value is -2.66. The van der Waals surface area contributed by atoms with Crippen LogP contribution >= 0.6 is 15.9 Å². The zero-order chi connectivity index (χ0) is 17.1. The standard InChI is InChI=1S/C20H17BrN4/c21-18-6-4-5-16(11-18)12-20-22-9-10-24(20)14-17-13-23-25(15-17)19-7-2-1-3-8-19/h1-11,13,15H,12,14H2. The van der Waals surface area contributed by atoms with Crippen molar-refractivity contribution < 1.29 is 0 Å². The lowest BCUT2D eigenvalue weighted by atomic mass is 10.1. The van der Waals surface area contributed by atoms with E-state index in [9.17, 15) is 0 Å². The maximum absolute atomic E-state index is 4.52. The van der Waals surface area contributed by atoms with Gasteiger partial charge in [-0.2, -0.15) is 5.10 Å². The topological polar surface area (TPSA) is 35.6 Å². The summed E-state index contributed by atoms with van der Waals surface area (Å²) in [4.78, 5) is 4.52. The molecule has 0 aliphatic rings. The minimum Gasteiger partial charge on any atom is -0.330 e. The number of rotatable bonds is 5. The third-order valence-corrected chi connectivity index (χ3v) is 4.56. The van der Waals surface area contributed by atoms with Gasteiger partial charge >= 0.3 is 0 Å². The number of aromatic nitrogens is 4. The molecule has 0 aliphatic carbocycles. The average Bonchev–Trinajstić information content (AvgIpc) is 3.26. The van der Waals surface area contributed by atoms with Crippen LogP contribution in [0.15, 0.2) is 83.9 Å². The van der Waals surface area contributed by atoms with E-state index in [1.807, 2.05) is 59.7 Å². The molecule has 0 saturated heterocycles. The molecule has 0 radical (unpaired) electrons. The van der Waals surface area contributed by atoms with Gasteiger partial charge in [0.05, 0.1) is 18.4 Å². The van der Waals surface area contributed by atoms with Gasteiger partial charge in [0, 0.05) is 35.0 Å². The third-order valence-electron chi connectivity index (χ3n) is 4.06. The predicted octanol–water partition coefficient (Wildman–Crippen LogP) is 4.47. The van der Waals surface area contributed by atoms with E-state index in [-0.39, 0.29) is 0 Å². The molecule has 0 fully saturated rings. The van der Waals surface area contributed by atoms with Crippen molar-refractivity contribution in [3.05, 3.63) is 101 Å². The molecule has 0 atom stereocenters. The molecule has 124 valence electrons. The largest absolute Gasteiger partial charge is 0.330 e. The van der Waals surface area contributed by atoms with E-state index in [0.717, 1.165) is 34.5 Å². The Labute approximate surface area is 154 Å². The first-order valence-electron chi connectivity index (χ1n) is 8.11. The molecule has 5 heteroatoms. The maximum Gasteiger partial charge on any atom is 0.113 e. The van der Waals surface area contributed by atoms with Crippen molar-refractivity contribution >= 4 is 15.9 Å². The molecule has 4 rings (SSSR count). The quantitative estimate of drug-likeness (QED) is 0.502. The van der Waals surface area contributed by atoms with E-state index < -0.39 is 0 Å². The second-order valence-corrected chi connectivity index (χ2v) is 6.82. The first-order chi connectivity index (χ1) is 12.3. The molecule has 2 aromatic heterocycles. The third kappa shape index (κ3) is 3.72.